The standard InChI is InChI=1S/C23H30F3N3O6/c1-33-9-6-19(30)13-27-21(31)18-12-17(16-2-4-20(5-3-16)35-23(24,25)26)14-29(15-18)22(32)28-7-10-34-11-8-28/h2-5,17-18H,6-15H2,1H3,(H,27,31). The number of rotatable bonds is 8. The number of likely N-dealkylation sites (tertiary alicyclic amines) is 1. The molecule has 0 aliphatic carbocycles. The van der Waals surface area contributed by atoms with Gasteiger partial charge in [-0.3, -0.25) is 9.59 Å². The van der Waals surface area contributed by atoms with E-state index in [-0.39, 0.29) is 55.5 Å². The van der Waals surface area contributed by atoms with E-state index in [1.165, 1.54) is 31.4 Å². The summed E-state index contributed by atoms with van der Waals surface area (Å²) in [7, 11) is 1.48. The first kappa shape index (κ1) is 26.7. The van der Waals surface area contributed by atoms with Gasteiger partial charge in [-0.05, 0) is 24.1 Å². The maximum atomic E-state index is 13.1. The lowest BCUT2D eigenvalue weighted by Gasteiger charge is -2.40. The fourth-order valence-electron chi connectivity index (χ4n) is 4.22. The molecule has 0 aromatic heterocycles. The summed E-state index contributed by atoms with van der Waals surface area (Å²) in [5, 5.41) is 2.65. The summed E-state index contributed by atoms with van der Waals surface area (Å²) in [5.74, 6) is -1.73. The average Bonchev–Trinajstić information content (AvgIpc) is 2.85. The lowest BCUT2D eigenvalue weighted by atomic mass is 9.84. The molecule has 2 aliphatic rings. The summed E-state index contributed by atoms with van der Waals surface area (Å²) in [4.78, 5) is 41.2. The molecule has 2 aliphatic heterocycles. The van der Waals surface area contributed by atoms with Gasteiger partial charge in [0.25, 0.3) is 0 Å². The number of hydrogen-bond donors (Lipinski definition) is 1. The molecule has 12 heteroatoms. The monoisotopic (exact) mass is 501 g/mol. The van der Waals surface area contributed by atoms with Gasteiger partial charge in [0, 0.05) is 45.6 Å². The predicted molar refractivity (Wildman–Crippen MR) is 118 cm³/mol. The third-order valence-electron chi connectivity index (χ3n) is 6.00. The van der Waals surface area contributed by atoms with Crippen LogP contribution in [0.25, 0.3) is 0 Å². The largest absolute Gasteiger partial charge is 0.573 e. The molecule has 1 N–H and O–H groups in total. The van der Waals surface area contributed by atoms with Crippen LogP contribution < -0.4 is 10.1 Å². The molecule has 2 heterocycles. The molecule has 0 radical (unpaired) electrons. The van der Waals surface area contributed by atoms with Crippen LogP contribution in [0, 0.1) is 5.92 Å². The molecule has 0 spiro atoms. The summed E-state index contributed by atoms with van der Waals surface area (Å²) in [6.45, 7) is 2.35. The lowest BCUT2D eigenvalue weighted by molar-refractivity contribution is -0.274. The Kier molecular flexibility index (Phi) is 9.33. The molecule has 35 heavy (non-hydrogen) atoms. The summed E-state index contributed by atoms with van der Waals surface area (Å²) in [5.41, 5.74) is 0.688. The minimum atomic E-state index is -4.79. The van der Waals surface area contributed by atoms with Crippen molar-refractivity contribution >= 4 is 17.7 Å². The quantitative estimate of drug-likeness (QED) is 0.587. The van der Waals surface area contributed by atoms with Crippen molar-refractivity contribution in [1.29, 1.82) is 0 Å². The van der Waals surface area contributed by atoms with E-state index in [0.29, 0.717) is 44.8 Å². The van der Waals surface area contributed by atoms with Crippen LogP contribution in [-0.4, -0.2) is 93.5 Å². The molecular weight excluding hydrogens is 471 g/mol. The number of carbonyl (C=O) groups is 3. The number of ketones is 1. The van der Waals surface area contributed by atoms with Crippen LogP contribution in [0.15, 0.2) is 24.3 Å². The highest BCUT2D eigenvalue weighted by Gasteiger charge is 2.37. The average molecular weight is 502 g/mol. The molecule has 194 valence electrons. The summed E-state index contributed by atoms with van der Waals surface area (Å²) in [6, 6.07) is 5.24. The van der Waals surface area contributed by atoms with Gasteiger partial charge in [-0.1, -0.05) is 12.1 Å². The van der Waals surface area contributed by atoms with Crippen LogP contribution in [0.1, 0.15) is 24.3 Å². The van der Waals surface area contributed by atoms with Crippen molar-refractivity contribution in [3.05, 3.63) is 29.8 Å². The molecule has 3 amide bonds. The second-order valence-corrected chi connectivity index (χ2v) is 8.53. The van der Waals surface area contributed by atoms with Gasteiger partial charge in [0.2, 0.25) is 5.91 Å². The van der Waals surface area contributed by atoms with Crippen molar-refractivity contribution in [2.24, 2.45) is 5.92 Å². The van der Waals surface area contributed by atoms with Gasteiger partial charge in [-0.25, -0.2) is 4.79 Å². The zero-order chi connectivity index (χ0) is 25.4. The van der Waals surface area contributed by atoms with Gasteiger partial charge < -0.3 is 29.3 Å². The number of nitrogens with one attached hydrogen (secondary N) is 1. The Morgan fingerprint density at radius 1 is 1.09 bits per heavy atom. The molecule has 2 unspecified atom stereocenters. The highest BCUT2D eigenvalue weighted by atomic mass is 19.4. The first-order valence-electron chi connectivity index (χ1n) is 11.4. The van der Waals surface area contributed by atoms with E-state index >= 15 is 0 Å². The van der Waals surface area contributed by atoms with Gasteiger partial charge >= 0.3 is 12.4 Å². The Morgan fingerprint density at radius 2 is 1.77 bits per heavy atom. The van der Waals surface area contributed by atoms with Crippen LogP contribution in [0.3, 0.4) is 0 Å². The minimum absolute atomic E-state index is 0.135. The molecule has 3 rings (SSSR count). The Morgan fingerprint density at radius 3 is 2.40 bits per heavy atom. The van der Waals surface area contributed by atoms with Crippen molar-refractivity contribution in [3.63, 3.8) is 0 Å². The van der Waals surface area contributed by atoms with Crippen molar-refractivity contribution in [3.8, 4) is 5.75 Å². The van der Waals surface area contributed by atoms with Gasteiger partial charge in [-0.2, -0.15) is 0 Å². The highest BCUT2D eigenvalue weighted by Crippen LogP contribution is 2.33. The summed E-state index contributed by atoms with van der Waals surface area (Å²) >= 11 is 0. The van der Waals surface area contributed by atoms with Crippen molar-refractivity contribution in [2.75, 3.05) is 59.7 Å². The highest BCUT2D eigenvalue weighted by molar-refractivity contribution is 5.87. The molecule has 0 saturated carbocycles. The number of piperidine rings is 1. The van der Waals surface area contributed by atoms with Gasteiger partial charge in [0.05, 0.1) is 32.3 Å². The number of nitrogens with zero attached hydrogens (tertiary/aromatic N) is 2. The molecular formula is C23H30F3N3O6. The van der Waals surface area contributed by atoms with E-state index in [1.807, 2.05) is 0 Å². The zero-order valence-corrected chi connectivity index (χ0v) is 19.5. The van der Waals surface area contributed by atoms with Gasteiger partial charge in [0.1, 0.15) is 5.75 Å². The number of urea groups is 1. The number of halogens is 3. The number of amides is 3. The third kappa shape index (κ3) is 8.10. The second kappa shape index (κ2) is 12.2. The number of alkyl halides is 3. The van der Waals surface area contributed by atoms with Crippen LogP contribution >= 0.6 is 0 Å². The maximum absolute atomic E-state index is 13.1. The van der Waals surface area contributed by atoms with E-state index in [9.17, 15) is 27.6 Å². The van der Waals surface area contributed by atoms with Crippen LogP contribution in [0.5, 0.6) is 5.75 Å². The lowest BCUT2D eigenvalue weighted by Crippen LogP contribution is -2.54. The Labute approximate surface area is 201 Å². The molecule has 2 saturated heterocycles. The molecule has 2 atom stereocenters. The molecule has 1 aromatic rings. The van der Waals surface area contributed by atoms with E-state index < -0.39 is 12.3 Å². The van der Waals surface area contributed by atoms with Crippen molar-refractivity contribution < 1.29 is 41.8 Å². The smallest absolute Gasteiger partial charge is 0.406 e. The fraction of sp³-hybridized carbons (Fsp3) is 0.609. The molecule has 0 bridgehead atoms. The number of Topliss-reactive ketones (excluding diaryl/α,β-unsaturated/α-hetero) is 1. The third-order valence-corrected chi connectivity index (χ3v) is 6.00. The van der Waals surface area contributed by atoms with Crippen molar-refractivity contribution in [2.45, 2.75) is 25.1 Å². The fourth-order valence-corrected chi connectivity index (χ4v) is 4.22. The summed E-state index contributed by atoms with van der Waals surface area (Å²) in [6.07, 6.45) is -4.24. The van der Waals surface area contributed by atoms with E-state index in [1.54, 1.807) is 9.80 Å². The number of ether oxygens (including phenoxy) is 3. The Hall–Kier alpha value is -2.86. The topological polar surface area (TPSA) is 97.4 Å². The van der Waals surface area contributed by atoms with E-state index in [2.05, 4.69) is 10.1 Å². The number of carbonyl (C=O) groups excluding carboxylic acids is 3. The van der Waals surface area contributed by atoms with E-state index in [0.717, 1.165) is 0 Å². The maximum Gasteiger partial charge on any atom is 0.573 e. The number of methoxy groups -OCH3 is 1. The van der Waals surface area contributed by atoms with E-state index in [4.69, 9.17) is 9.47 Å². The molecule has 1 aromatic carbocycles. The second-order valence-electron chi connectivity index (χ2n) is 8.53. The van der Waals surface area contributed by atoms with Crippen LogP contribution in [0.2, 0.25) is 0 Å². The normalized spacial score (nSPS) is 20.9. The zero-order valence-electron chi connectivity index (χ0n) is 19.5. The van der Waals surface area contributed by atoms with Crippen molar-refractivity contribution in [1.82, 2.24) is 15.1 Å². The number of morpholine rings is 1. The number of benzene rings is 1. The minimum Gasteiger partial charge on any atom is -0.406 e. The van der Waals surface area contributed by atoms with Crippen LogP contribution in [-0.2, 0) is 19.1 Å². The Balaban J connectivity index is 1.72. The molecule has 2 fully saturated rings. The van der Waals surface area contributed by atoms with Crippen LogP contribution in [0.4, 0.5) is 18.0 Å². The SMILES string of the molecule is COCCC(=O)CNC(=O)C1CC(c2ccc(OC(F)(F)F)cc2)CN(C(=O)N2CCOCC2)C1. The Bertz CT molecular complexity index is 874. The molecule has 9 nitrogen and oxygen atoms in total. The summed E-state index contributed by atoms with van der Waals surface area (Å²) < 4.78 is 51.6. The first-order chi connectivity index (χ1) is 16.7. The van der Waals surface area contributed by atoms with Gasteiger partial charge in [-0.15, -0.1) is 13.2 Å². The van der Waals surface area contributed by atoms with Gasteiger partial charge in [0.15, 0.2) is 5.78 Å². The first-order valence-corrected chi connectivity index (χ1v) is 11.4. The predicted octanol–water partition coefficient (Wildman–Crippen LogP) is 2.16. The number of hydrogen-bond acceptors (Lipinski definition) is 6.